The summed E-state index contributed by atoms with van der Waals surface area (Å²) < 4.78 is 2.29. The minimum atomic E-state index is -0.578. The molecule has 1 unspecified atom stereocenters. The number of hydrogen-bond acceptors (Lipinski definition) is 6. The molecule has 0 N–H and O–H groups in total. The van der Waals surface area contributed by atoms with E-state index < -0.39 is 11.2 Å². The van der Waals surface area contributed by atoms with E-state index in [0.717, 1.165) is 21.4 Å². The van der Waals surface area contributed by atoms with Gasteiger partial charge in [0.2, 0.25) is 5.91 Å². The van der Waals surface area contributed by atoms with E-state index >= 15 is 0 Å². The van der Waals surface area contributed by atoms with Gasteiger partial charge in [-0.25, -0.2) is 14.8 Å². The summed E-state index contributed by atoms with van der Waals surface area (Å²) in [5, 5.41) is 0.198. The number of carbonyl (C=O) groups excluding carboxylic acids is 1. The molecule has 1 saturated heterocycles. The van der Waals surface area contributed by atoms with Crippen molar-refractivity contribution in [1.29, 1.82) is 0 Å². The summed E-state index contributed by atoms with van der Waals surface area (Å²) in [4.78, 5) is 52.4. The standard InChI is InChI=1S/C28H30N6O3/c1-18-8-10-21(11-9-18)25-29-15-23-26(30-25)31(4)28(37)34(27(23)36)17-24(35)32-12-13-33(20(3)16-32)22-7-5-6-19(2)14-22/h5-11,14-15,20H,12-13,16-17H2,1-4H3. The van der Waals surface area contributed by atoms with Gasteiger partial charge in [-0.15, -0.1) is 0 Å². The largest absolute Gasteiger partial charge is 0.365 e. The summed E-state index contributed by atoms with van der Waals surface area (Å²) in [6, 6.07) is 16.1. The zero-order valence-electron chi connectivity index (χ0n) is 21.5. The normalized spacial score (nSPS) is 15.8. The average Bonchev–Trinajstić information content (AvgIpc) is 2.89. The Morgan fingerprint density at radius 3 is 2.49 bits per heavy atom. The van der Waals surface area contributed by atoms with Gasteiger partial charge in [0.1, 0.15) is 11.9 Å². The Balaban J connectivity index is 1.39. The lowest BCUT2D eigenvalue weighted by atomic mass is 10.1. The van der Waals surface area contributed by atoms with Crippen LogP contribution in [0.5, 0.6) is 0 Å². The number of benzene rings is 2. The second-order valence-corrected chi connectivity index (χ2v) is 9.75. The van der Waals surface area contributed by atoms with E-state index in [0.29, 0.717) is 25.5 Å². The van der Waals surface area contributed by atoms with Crippen LogP contribution in [0.1, 0.15) is 18.1 Å². The number of carbonyl (C=O) groups is 1. The molecule has 1 amide bonds. The third kappa shape index (κ3) is 4.64. The zero-order valence-corrected chi connectivity index (χ0v) is 21.5. The number of aromatic nitrogens is 4. The van der Waals surface area contributed by atoms with Gasteiger partial charge in [0, 0.05) is 50.2 Å². The van der Waals surface area contributed by atoms with Crippen LogP contribution in [0, 0.1) is 13.8 Å². The maximum absolute atomic E-state index is 13.2. The first kappa shape index (κ1) is 24.4. The van der Waals surface area contributed by atoms with Crippen LogP contribution >= 0.6 is 0 Å². The summed E-state index contributed by atoms with van der Waals surface area (Å²) in [7, 11) is 1.56. The van der Waals surface area contributed by atoms with Gasteiger partial charge < -0.3 is 9.80 Å². The lowest BCUT2D eigenvalue weighted by molar-refractivity contribution is -0.132. The molecular formula is C28H30N6O3. The molecule has 0 aliphatic carbocycles. The first-order valence-corrected chi connectivity index (χ1v) is 12.4. The van der Waals surface area contributed by atoms with E-state index in [1.54, 1.807) is 11.9 Å². The highest BCUT2D eigenvalue weighted by atomic mass is 16.2. The predicted molar refractivity (Wildman–Crippen MR) is 144 cm³/mol. The van der Waals surface area contributed by atoms with Gasteiger partial charge in [0.25, 0.3) is 5.56 Å². The highest BCUT2D eigenvalue weighted by Crippen LogP contribution is 2.22. The van der Waals surface area contributed by atoms with Crippen LogP contribution in [0.25, 0.3) is 22.4 Å². The Kier molecular flexibility index (Phi) is 6.37. The van der Waals surface area contributed by atoms with E-state index in [1.165, 1.54) is 16.3 Å². The second-order valence-electron chi connectivity index (χ2n) is 9.75. The summed E-state index contributed by atoms with van der Waals surface area (Å²) in [5.74, 6) is 0.169. The van der Waals surface area contributed by atoms with Crippen LogP contribution in [0.4, 0.5) is 5.69 Å². The molecule has 5 rings (SSSR count). The molecule has 9 heteroatoms. The zero-order chi connectivity index (χ0) is 26.3. The Morgan fingerprint density at radius 1 is 1.03 bits per heavy atom. The van der Waals surface area contributed by atoms with E-state index in [-0.39, 0.29) is 29.5 Å². The van der Waals surface area contributed by atoms with E-state index in [1.807, 2.05) is 37.3 Å². The lowest BCUT2D eigenvalue weighted by Gasteiger charge is -2.41. The van der Waals surface area contributed by atoms with Gasteiger partial charge in [-0.05, 0) is 38.5 Å². The van der Waals surface area contributed by atoms with Crippen molar-refractivity contribution in [2.75, 3.05) is 24.5 Å². The van der Waals surface area contributed by atoms with Gasteiger partial charge in [-0.1, -0.05) is 42.0 Å². The number of aryl methyl sites for hydroxylation is 3. The smallest absolute Gasteiger partial charge is 0.332 e. The SMILES string of the molecule is Cc1ccc(-c2ncc3c(=O)n(CC(=O)N4CCN(c5cccc(C)c5)C(C)C4)c(=O)n(C)c3n2)cc1. The summed E-state index contributed by atoms with van der Waals surface area (Å²) in [6.07, 6.45) is 1.43. The minimum Gasteiger partial charge on any atom is -0.365 e. The van der Waals surface area contributed by atoms with Crippen LogP contribution < -0.4 is 16.1 Å². The molecule has 190 valence electrons. The van der Waals surface area contributed by atoms with Crippen molar-refractivity contribution >= 4 is 22.6 Å². The maximum Gasteiger partial charge on any atom is 0.332 e. The van der Waals surface area contributed by atoms with Gasteiger partial charge >= 0.3 is 5.69 Å². The van der Waals surface area contributed by atoms with Crippen molar-refractivity contribution in [3.05, 3.63) is 86.7 Å². The molecule has 37 heavy (non-hydrogen) atoms. The number of piperazine rings is 1. The number of anilines is 1. The van der Waals surface area contributed by atoms with Crippen LogP contribution in [-0.2, 0) is 18.4 Å². The van der Waals surface area contributed by atoms with Gasteiger partial charge in [-0.2, -0.15) is 0 Å². The van der Waals surface area contributed by atoms with Crippen molar-refractivity contribution in [3.63, 3.8) is 0 Å². The van der Waals surface area contributed by atoms with Gasteiger partial charge in [-0.3, -0.25) is 18.7 Å². The number of amides is 1. The fourth-order valence-corrected chi connectivity index (χ4v) is 4.87. The van der Waals surface area contributed by atoms with E-state index in [4.69, 9.17) is 0 Å². The van der Waals surface area contributed by atoms with Crippen LogP contribution in [0.3, 0.4) is 0 Å². The van der Waals surface area contributed by atoms with Crippen molar-refractivity contribution in [2.45, 2.75) is 33.4 Å². The molecule has 0 radical (unpaired) electrons. The first-order chi connectivity index (χ1) is 17.7. The average molecular weight is 499 g/mol. The Hall–Kier alpha value is -4.27. The summed E-state index contributed by atoms with van der Waals surface area (Å²) >= 11 is 0. The highest BCUT2D eigenvalue weighted by Gasteiger charge is 2.28. The molecule has 4 aromatic rings. The molecule has 1 aliphatic heterocycles. The number of rotatable bonds is 4. The van der Waals surface area contributed by atoms with Crippen LogP contribution in [-0.4, -0.2) is 55.6 Å². The first-order valence-electron chi connectivity index (χ1n) is 12.4. The van der Waals surface area contributed by atoms with Crippen molar-refractivity contribution in [1.82, 2.24) is 24.0 Å². The number of nitrogens with zero attached hydrogens (tertiary/aromatic N) is 6. The maximum atomic E-state index is 13.2. The molecular weight excluding hydrogens is 468 g/mol. The molecule has 1 aliphatic rings. The minimum absolute atomic E-state index is 0.101. The van der Waals surface area contributed by atoms with Gasteiger partial charge in [0.15, 0.2) is 11.5 Å². The molecule has 0 saturated carbocycles. The third-order valence-electron chi connectivity index (χ3n) is 7.00. The highest BCUT2D eigenvalue weighted by molar-refractivity contribution is 5.78. The summed E-state index contributed by atoms with van der Waals surface area (Å²) in [5.41, 5.74) is 3.31. The Labute approximate surface area is 214 Å². The molecule has 0 bridgehead atoms. The fourth-order valence-electron chi connectivity index (χ4n) is 4.87. The molecule has 3 heterocycles. The predicted octanol–water partition coefficient (Wildman–Crippen LogP) is 2.51. The quantitative estimate of drug-likeness (QED) is 0.429. The van der Waals surface area contributed by atoms with Crippen molar-refractivity contribution in [3.8, 4) is 11.4 Å². The Morgan fingerprint density at radius 2 is 1.78 bits per heavy atom. The van der Waals surface area contributed by atoms with E-state index in [2.05, 4.69) is 46.9 Å². The molecule has 1 fully saturated rings. The molecule has 2 aromatic carbocycles. The number of fused-ring (bicyclic) bond motifs is 1. The van der Waals surface area contributed by atoms with Crippen LogP contribution in [0.2, 0.25) is 0 Å². The topological polar surface area (TPSA) is 93.3 Å². The molecule has 1 atom stereocenters. The molecule has 0 spiro atoms. The van der Waals surface area contributed by atoms with Crippen molar-refractivity contribution in [2.24, 2.45) is 7.05 Å². The summed E-state index contributed by atoms with van der Waals surface area (Å²) in [6.45, 7) is 7.51. The molecule has 9 nitrogen and oxygen atoms in total. The lowest BCUT2D eigenvalue weighted by Crippen LogP contribution is -2.55. The van der Waals surface area contributed by atoms with E-state index in [9.17, 15) is 14.4 Å². The monoisotopic (exact) mass is 498 g/mol. The third-order valence-corrected chi connectivity index (χ3v) is 7.00. The fraction of sp³-hybridized carbons (Fsp3) is 0.321. The number of hydrogen-bond donors (Lipinski definition) is 0. The second kappa shape index (κ2) is 9.65. The Bertz CT molecular complexity index is 1610. The van der Waals surface area contributed by atoms with Crippen LogP contribution in [0.15, 0.2) is 64.3 Å². The van der Waals surface area contributed by atoms with Gasteiger partial charge in [0.05, 0.1) is 0 Å². The molecule has 2 aromatic heterocycles. The van der Waals surface area contributed by atoms with Crippen molar-refractivity contribution < 1.29 is 4.79 Å².